The Bertz CT molecular complexity index is 798. The monoisotopic (exact) mass is 338 g/mol. The number of imidazole rings is 1. The minimum Gasteiger partial charge on any atom is -0.350 e. The third kappa shape index (κ3) is 3.29. The molecule has 1 aromatic carbocycles. The van der Waals surface area contributed by atoms with Gasteiger partial charge in [-0.1, -0.05) is 18.2 Å². The molecule has 130 valence electrons. The van der Waals surface area contributed by atoms with Gasteiger partial charge in [0.05, 0.1) is 0 Å². The number of amides is 2. The van der Waals surface area contributed by atoms with Crippen molar-refractivity contribution in [2.75, 3.05) is 11.4 Å². The fourth-order valence-electron chi connectivity index (χ4n) is 3.76. The van der Waals surface area contributed by atoms with Crippen LogP contribution in [0.4, 0.5) is 5.69 Å². The molecular weight excluding hydrogens is 316 g/mol. The van der Waals surface area contributed by atoms with Crippen LogP contribution in [-0.2, 0) is 29.0 Å². The molecule has 25 heavy (non-hydrogen) atoms. The lowest BCUT2D eigenvalue weighted by Crippen LogP contribution is -2.46. The number of para-hydroxylation sites is 1. The summed E-state index contributed by atoms with van der Waals surface area (Å²) in [7, 11) is 0. The van der Waals surface area contributed by atoms with Gasteiger partial charge in [-0.3, -0.25) is 9.59 Å². The summed E-state index contributed by atoms with van der Waals surface area (Å²) in [6, 6.07) is 7.97. The predicted octanol–water partition coefficient (Wildman–Crippen LogP) is 1.68. The number of hydrogen-bond donors (Lipinski definition) is 1. The van der Waals surface area contributed by atoms with Crippen LogP contribution in [0.2, 0.25) is 0 Å². The first-order valence-corrected chi connectivity index (χ1v) is 8.88. The number of aryl methyl sites for hydroxylation is 2. The van der Waals surface area contributed by atoms with E-state index in [1.807, 2.05) is 30.5 Å². The Balaban J connectivity index is 1.44. The highest BCUT2D eigenvalue weighted by Crippen LogP contribution is 2.26. The van der Waals surface area contributed by atoms with E-state index in [4.69, 9.17) is 0 Å². The maximum absolute atomic E-state index is 12.6. The molecular formula is C19H22N4O2. The van der Waals surface area contributed by atoms with Crippen LogP contribution in [0.3, 0.4) is 0 Å². The standard InChI is InChI=1S/C19H22N4O2/c24-18(21-15-8-9-17-20-10-11-22(17)12-15)13-23-16-6-2-1-4-14(16)5-3-7-19(23)25/h1-2,4,6,10-11,15H,3,5,7-9,12-13H2,(H,21,24)/t15-/m1/s1. The highest BCUT2D eigenvalue weighted by atomic mass is 16.2. The largest absolute Gasteiger partial charge is 0.350 e. The molecule has 3 heterocycles. The molecule has 6 heteroatoms. The van der Waals surface area contributed by atoms with Gasteiger partial charge >= 0.3 is 0 Å². The van der Waals surface area contributed by atoms with Gasteiger partial charge in [0.2, 0.25) is 11.8 Å². The number of nitrogens with zero attached hydrogens (tertiary/aromatic N) is 3. The second kappa shape index (κ2) is 6.70. The smallest absolute Gasteiger partial charge is 0.240 e. The fraction of sp³-hybridized carbons (Fsp3) is 0.421. The van der Waals surface area contributed by atoms with Gasteiger partial charge in [0.15, 0.2) is 0 Å². The Hall–Kier alpha value is -2.63. The lowest BCUT2D eigenvalue weighted by molar-refractivity contribution is -0.124. The number of nitrogens with one attached hydrogen (secondary N) is 1. The van der Waals surface area contributed by atoms with Crippen molar-refractivity contribution in [2.24, 2.45) is 0 Å². The summed E-state index contributed by atoms with van der Waals surface area (Å²) in [4.78, 5) is 31.0. The quantitative estimate of drug-likeness (QED) is 0.926. The maximum Gasteiger partial charge on any atom is 0.240 e. The molecule has 2 aromatic rings. The van der Waals surface area contributed by atoms with Gasteiger partial charge in [0, 0.05) is 43.5 Å². The summed E-state index contributed by atoms with van der Waals surface area (Å²) in [5.74, 6) is 1.00. The molecule has 1 N–H and O–H groups in total. The lowest BCUT2D eigenvalue weighted by atomic mass is 10.1. The molecule has 0 unspecified atom stereocenters. The molecule has 1 atom stereocenters. The third-order valence-corrected chi connectivity index (χ3v) is 5.02. The van der Waals surface area contributed by atoms with Crippen molar-refractivity contribution in [3.05, 3.63) is 48.0 Å². The lowest BCUT2D eigenvalue weighted by Gasteiger charge is -2.27. The van der Waals surface area contributed by atoms with E-state index < -0.39 is 0 Å². The van der Waals surface area contributed by atoms with Crippen LogP contribution in [0.15, 0.2) is 36.7 Å². The van der Waals surface area contributed by atoms with Crippen molar-refractivity contribution in [2.45, 2.75) is 44.7 Å². The van der Waals surface area contributed by atoms with E-state index in [0.717, 1.165) is 49.3 Å². The van der Waals surface area contributed by atoms with E-state index in [-0.39, 0.29) is 24.4 Å². The molecule has 0 fully saturated rings. The third-order valence-electron chi connectivity index (χ3n) is 5.02. The topological polar surface area (TPSA) is 67.2 Å². The van der Waals surface area contributed by atoms with Gasteiger partial charge in [-0.25, -0.2) is 4.98 Å². The van der Waals surface area contributed by atoms with Crippen molar-refractivity contribution in [1.82, 2.24) is 14.9 Å². The summed E-state index contributed by atoms with van der Waals surface area (Å²) < 4.78 is 2.08. The molecule has 0 bridgehead atoms. The Morgan fingerprint density at radius 1 is 1.24 bits per heavy atom. The van der Waals surface area contributed by atoms with Crippen molar-refractivity contribution in [3.63, 3.8) is 0 Å². The van der Waals surface area contributed by atoms with Crippen LogP contribution in [0, 0.1) is 0 Å². The van der Waals surface area contributed by atoms with Crippen LogP contribution in [-0.4, -0.2) is 34.0 Å². The van der Waals surface area contributed by atoms with E-state index in [0.29, 0.717) is 6.42 Å². The molecule has 2 amide bonds. The summed E-state index contributed by atoms with van der Waals surface area (Å²) in [5, 5.41) is 3.09. The molecule has 1 aromatic heterocycles. The molecule has 0 spiro atoms. The normalized spacial score (nSPS) is 19.8. The zero-order chi connectivity index (χ0) is 17.2. The molecule has 0 saturated heterocycles. The zero-order valence-electron chi connectivity index (χ0n) is 14.1. The number of hydrogen-bond acceptors (Lipinski definition) is 3. The van der Waals surface area contributed by atoms with Crippen LogP contribution in [0.25, 0.3) is 0 Å². The molecule has 2 aliphatic heterocycles. The molecule has 6 nitrogen and oxygen atoms in total. The highest BCUT2D eigenvalue weighted by molar-refractivity contribution is 5.99. The summed E-state index contributed by atoms with van der Waals surface area (Å²) in [5.41, 5.74) is 2.02. The van der Waals surface area contributed by atoms with Crippen LogP contribution < -0.4 is 10.2 Å². The number of anilines is 1. The van der Waals surface area contributed by atoms with E-state index in [1.165, 1.54) is 0 Å². The number of rotatable bonds is 3. The van der Waals surface area contributed by atoms with E-state index in [2.05, 4.69) is 14.9 Å². The first-order chi connectivity index (χ1) is 12.2. The summed E-state index contributed by atoms with van der Waals surface area (Å²) in [6.07, 6.45) is 7.70. The van der Waals surface area contributed by atoms with E-state index in [9.17, 15) is 9.59 Å². The Morgan fingerprint density at radius 2 is 2.12 bits per heavy atom. The van der Waals surface area contributed by atoms with Gasteiger partial charge in [0.1, 0.15) is 12.4 Å². The summed E-state index contributed by atoms with van der Waals surface area (Å²) >= 11 is 0. The van der Waals surface area contributed by atoms with Crippen LogP contribution in [0.1, 0.15) is 30.7 Å². The van der Waals surface area contributed by atoms with Gasteiger partial charge < -0.3 is 14.8 Å². The molecule has 0 radical (unpaired) electrons. The second-order valence-corrected chi connectivity index (χ2v) is 6.76. The highest BCUT2D eigenvalue weighted by Gasteiger charge is 2.26. The zero-order valence-corrected chi connectivity index (χ0v) is 14.1. The second-order valence-electron chi connectivity index (χ2n) is 6.76. The predicted molar refractivity (Wildman–Crippen MR) is 94.2 cm³/mol. The van der Waals surface area contributed by atoms with Crippen molar-refractivity contribution in [1.29, 1.82) is 0 Å². The molecule has 0 aliphatic carbocycles. The van der Waals surface area contributed by atoms with Gasteiger partial charge in [-0.05, 0) is 30.9 Å². The number of fused-ring (bicyclic) bond motifs is 2. The fourth-order valence-corrected chi connectivity index (χ4v) is 3.76. The first kappa shape index (κ1) is 15.9. The molecule has 4 rings (SSSR count). The van der Waals surface area contributed by atoms with Crippen LogP contribution >= 0.6 is 0 Å². The average Bonchev–Trinajstić information content (AvgIpc) is 3.02. The van der Waals surface area contributed by atoms with Crippen molar-refractivity contribution in [3.8, 4) is 0 Å². The Labute approximate surface area is 146 Å². The number of aromatic nitrogens is 2. The van der Waals surface area contributed by atoms with Crippen LogP contribution in [0.5, 0.6) is 0 Å². The summed E-state index contributed by atoms with van der Waals surface area (Å²) in [6.45, 7) is 0.828. The van der Waals surface area contributed by atoms with Gasteiger partial charge in [-0.2, -0.15) is 0 Å². The minimum absolute atomic E-state index is 0.0284. The maximum atomic E-state index is 12.6. The van der Waals surface area contributed by atoms with Gasteiger partial charge in [0.25, 0.3) is 0 Å². The Kier molecular flexibility index (Phi) is 4.26. The molecule has 0 saturated carbocycles. The minimum atomic E-state index is -0.0985. The average molecular weight is 338 g/mol. The van der Waals surface area contributed by atoms with E-state index >= 15 is 0 Å². The SMILES string of the molecule is O=C(CN1C(=O)CCCc2ccccc21)N[C@@H]1CCc2nccn2C1. The van der Waals surface area contributed by atoms with Gasteiger partial charge in [-0.15, -0.1) is 0 Å². The van der Waals surface area contributed by atoms with E-state index in [1.54, 1.807) is 11.1 Å². The first-order valence-electron chi connectivity index (χ1n) is 8.88. The molecule has 2 aliphatic rings. The number of carbonyl (C=O) groups excluding carboxylic acids is 2. The van der Waals surface area contributed by atoms with Crippen molar-refractivity contribution >= 4 is 17.5 Å². The van der Waals surface area contributed by atoms with Crippen molar-refractivity contribution < 1.29 is 9.59 Å². The number of benzene rings is 1. The Morgan fingerprint density at radius 3 is 3.04 bits per heavy atom. The number of carbonyl (C=O) groups is 2.